The third kappa shape index (κ3) is 2.58. The van der Waals surface area contributed by atoms with Gasteiger partial charge >= 0.3 is 0 Å². The van der Waals surface area contributed by atoms with Crippen molar-refractivity contribution < 1.29 is 9.53 Å². The van der Waals surface area contributed by atoms with Crippen molar-refractivity contribution in [3.8, 4) is 0 Å². The Labute approximate surface area is 91.8 Å². The van der Waals surface area contributed by atoms with Crippen molar-refractivity contribution in [2.75, 3.05) is 13.1 Å². The van der Waals surface area contributed by atoms with Crippen LogP contribution in [-0.2, 0) is 9.53 Å². The number of likely N-dealkylation sites (tertiary alicyclic amines) is 1. The normalized spacial score (nSPS) is 35.7. The molecule has 2 fully saturated rings. The molecular weight excluding hydrogens is 190 g/mol. The monoisotopic (exact) mass is 211 g/mol. The SMILES string of the molecule is CCCCC1OC1N1CC[C@@H](C(C)=O)C1. The number of hydrogen-bond donors (Lipinski definition) is 0. The second kappa shape index (κ2) is 4.62. The van der Waals surface area contributed by atoms with E-state index in [1.54, 1.807) is 6.92 Å². The minimum Gasteiger partial charge on any atom is -0.353 e. The number of ether oxygens (including phenoxy) is 1. The maximum Gasteiger partial charge on any atom is 0.137 e. The van der Waals surface area contributed by atoms with Crippen molar-refractivity contribution in [1.82, 2.24) is 4.90 Å². The molecule has 2 heterocycles. The van der Waals surface area contributed by atoms with Gasteiger partial charge in [-0.05, 0) is 19.8 Å². The van der Waals surface area contributed by atoms with Gasteiger partial charge in [-0.1, -0.05) is 19.8 Å². The second-order valence-corrected chi connectivity index (χ2v) is 4.80. The number of Topliss-reactive ketones (excluding diaryl/α,β-unsaturated/α-hetero) is 1. The largest absolute Gasteiger partial charge is 0.353 e. The Morgan fingerprint density at radius 3 is 2.93 bits per heavy atom. The lowest BCUT2D eigenvalue weighted by molar-refractivity contribution is -0.120. The number of unbranched alkanes of at least 4 members (excludes halogenated alkanes) is 1. The predicted octanol–water partition coefficient (Wildman–Crippen LogP) is 1.81. The zero-order chi connectivity index (χ0) is 10.8. The molecule has 3 atom stereocenters. The topological polar surface area (TPSA) is 32.8 Å². The van der Waals surface area contributed by atoms with Gasteiger partial charge in [-0.15, -0.1) is 0 Å². The number of carbonyl (C=O) groups excluding carboxylic acids is 1. The molecule has 86 valence electrons. The fourth-order valence-electron chi connectivity index (χ4n) is 2.42. The third-order valence-corrected chi connectivity index (χ3v) is 3.55. The maximum atomic E-state index is 11.2. The van der Waals surface area contributed by atoms with Crippen LogP contribution >= 0.6 is 0 Å². The number of nitrogens with zero attached hydrogens (tertiary/aromatic N) is 1. The first-order valence-corrected chi connectivity index (χ1v) is 6.12. The summed E-state index contributed by atoms with van der Waals surface area (Å²) in [5.74, 6) is 0.601. The van der Waals surface area contributed by atoms with Crippen LogP contribution in [0.2, 0.25) is 0 Å². The lowest BCUT2D eigenvalue weighted by atomic mass is 10.1. The van der Waals surface area contributed by atoms with Gasteiger partial charge in [0.15, 0.2) is 0 Å². The lowest BCUT2D eigenvalue weighted by Gasteiger charge is -2.11. The van der Waals surface area contributed by atoms with E-state index in [2.05, 4.69) is 11.8 Å². The van der Waals surface area contributed by atoms with Crippen LogP contribution < -0.4 is 0 Å². The van der Waals surface area contributed by atoms with Crippen LogP contribution in [0.15, 0.2) is 0 Å². The van der Waals surface area contributed by atoms with Gasteiger partial charge in [-0.25, -0.2) is 0 Å². The molecular formula is C12H21NO2. The van der Waals surface area contributed by atoms with Crippen molar-refractivity contribution in [1.29, 1.82) is 0 Å². The summed E-state index contributed by atoms with van der Waals surface area (Å²) in [7, 11) is 0. The Balaban J connectivity index is 1.72. The first-order chi connectivity index (χ1) is 7.22. The Hall–Kier alpha value is -0.410. The summed E-state index contributed by atoms with van der Waals surface area (Å²) in [5, 5.41) is 0. The fourth-order valence-corrected chi connectivity index (χ4v) is 2.42. The van der Waals surface area contributed by atoms with Gasteiger partial charge in [-0.2, -0.15) is 0 Å². The van der Waals surface area contributed by atoms with Crippen molar-refractivity contribution >= 4 is 5.78 Å². The van der Waals surface area contributed by atoms with Gasteiger partial charge in [0.25, 0.3) is 0 Å². The smallest absolute Gasteiger partial charge is 0.137 e. The molecule has 0 aromatic rings. The molecule has 3 heteroatoms. The summed E-state index contributed by atoms with van der Waals surface area (Å²) in [6, 6.07) is 0. The molecule has 0 radical (unpaired) electrons. The average Bonchev–Trinajstić information content (AvgIpc) is 2.80. The summed E-state index contributed by atoms with van der Waals surface area (Å²) < 4.78 is 5.65. The summed E-state index contributed by atoms with van der Waals surface area (Å²) in [6.07, 6.45) is 5.49. The summed E-state index contributed by atoms with van der Waals surface area (Å²) in [5.41, 5.74) is 0. The molecule has 2 aliphatic rings. The predicted molar refractivity (Wildman–Crippen MR) is 58.5 cm³/mol. The van der Waals surface area contributed by atoms with E-state index in [1.165, 1.54) is 19.3 Å². The Morgan fingerprint density at radius 1 is 1.53 bits per heavy atom. The first-order valence-electron chi connectivity index (χ1n) is 6.12. The molecule has 2 unspecified atom stereocenters. The van der Waals surface area contributed by atoms with E-state index >= 15 is 0 Å². The van der Waals surface area contributed by atoms with Crippen molar-refractivity contribution in [3.05, 3.63) is 0 Å². The number of rotatable bonds is 5. The quantitative estimate of drug-likeness (QED) is 0.650. The van der Waals surface area contributed by atoms with Gasteiger partial charge in [-0.3, -0.25) is 9.69 Å². The van der Waals surface area contributed by atoms with E-state index in [9.17, 15) is 4.79 Å². The molecule has 3 nitrogen and oxygen atoms in total. The molecule has 0 aromatic heterocycles. The van der Waals surface area contributed by atoms with Gasteiger partial charge in [0, 0.05) is 19.0 Å². The van der Waals surface area contributed by atoms with Crippen LogP contribution in [0.1, 0.15) is 39.5 Å². The highest BCUT2D eigenvalue weighted by atomic mass is 16.6. The highest BCUT2D eigenvalue weighted by Gasteiger charge is 2.45. The van der Waals surface area contributed by atoms with Gasteiger partial charge in [0.2, 0.25) is 0 Å². The molecule has 0 aliphatic carbocycles. The standard InChI is InChI=1S/C12H21NO2/c1-3-4-5-11-12(15-11)13-7-6-10(8-13)9(2)14/h10-12H,3-8H2,1-2H3/t10-,11?,12?/m1/s1. The lowest BCUT2D eigenvalue weighted by Crippen LogP contribution is -2.27. The van der Waals surface area contributed by atoms with Crippen LogP contribution in [0.3, 0.4) is 0 Å². The summed E-state index contributed by atoms with van der Waals surface area (Å²) in [6.45, 7) is 5.87. The highest BCUT2D eigenvalue weighted by Crippen LogP contribution is 2.34. The second-order valence-electron chi connectivity index (χ2n) is 4.80. The number of hydrogen-bond acceptors (Lipinski definition) is 3. The van der Waals surface area contributed by atoms with Crippen LogP contribution in [-0.4, -0.2) is 36.1 Å². The van der Waals surface area contributed by atoms with E-state index in [0.717, 1.165) is 19.5 Å². The van der Waals surface area contributed by atoms with Crippen molar-refractivity contribution in [2.24, 2.45) is 5.92 Å². The van der Waals surface area contributed by atoms with Crippen molar-refractivity contribution in [3.63, 3.8) is 0 Å². The molecule has 0 amide bonds. The molecule has 0 aromatic carbocycles. The zero-order valence-corrected chi connectivity index (χ0v) is 9.74. The van der Waals surface area contributed by atoms with Crippen LogP contribution in [0.5, 0.6) is 0 Å². The van der Waals surface area contributed by atoms with E-state index in [4.69, 9.17) is 4.74 Å². The molecule has 0 spiro atoms. The molecule has 2 aliphatic heterocycles. The maximum absolute atomic E-state index is 11.2. The molecule has 0 N–H and O–H groups in total. The molecule has 2 saturated heterocycles. The van der Waals surface area contributed by atoms with Crippen LogP contribution in [0.4, 0.5) is 0 Å². The molecule has 0 bridgehead atoms. The van der Waals surface area contributed by atoms with Crippen LogP contribution in [0.25, 0.3) is 0 Å². The van der Waals surface area contributed by atoms with Crippen molar-refractivity contribution in [2.45, 2.75) is 51.9 Å². The van der Waals surface area contributed by atoms with E-state index < -0.39 is 0 Å². The van der Waals surface area contributed by atoms with E-state index in [1.807, 2.05) is 0 Å². The van der Waals surface area contributed by atoms with Gasteiger partial charge < -0.3 is 4.74 Å². The molecule has 15 heavy (non-hydrogen) atoms. The fraction of sp³-hybridized carbons (Fsp3) is 0.917. The number of carbonyl (C=O) groups is 1. The minimum atomic E-state index is 0.265. The van der Waals surface area contributed by atoms with E-state index in [0.29, 0.717) is 18.1 Å². The molecule has 0 saturated carbocycles. The zero-order valence-electron chi connectivity index (χ0n) is 9.74. The Morgan fingerprint density at radius 2 is 2.33 bits per heavy atom. The molecule has 2 rings (SSSR count). The summed E-state index contributed by atoms with van der Waals surface area (Å²) >= 11 is 0. The van der Waals surface area contributed by atoms with Gasteiger partial charge in [0.1, 0.15) is 12.0 Å². The number of ketones is 1. The number of epoxide rings is 1. The van der Waals surface area contributed by atoms with Crippen LogP contribution in [0, 0.1) is 5.92 Å². The van der Waals surface area contributed by atoms with E-state index in [-0.39, 0.29) is 5.92 Å². The Kier molecular flexibility index (Phi) is 3.42. The average molecular weight is 211 g/mol. The van der Waals surface area contributed by atoms with Gasteiger partial charge in [0.05, 0.1) is 6.10 Å². The minimum absolute atomic E-state index is 0.265. The third-order valence-electron chi connectivity index (χ3n) is 3.55. The first kappa shape index (κ1) is 11.1. The highest BCUT2D eigenvalue weighted by molar-refractivity contribution is 5.78. The Bertz CT molecular complexity index is 242. The summed E-state index contributed by atoms with van der Waals surface area (Å²) in [4.78, 5) is 13.6.